The van der Waals surface area contributed by atoms with Crippen LogP contribution in [-0.4, -0.2) is 31.1 Å². The van der Waals surface area contributed by atoms with Crippen molar-refractivity contribution in [3.8, 4) is 6.07 Å². The first kappa shape index (κ1) is 15.3. The number of nitrogens with zero attached hydrogens (tertiary/aromatic N) is 3. The molecular weight excluding hydrogens is 268 g/mol. The second kappa shape index (κ2) is 7.04. The van der Waals surface area contributed by atoms with Crippen molar-refractivity contribution in [3.05, 3.63) is 33.9 Å². The van der Waals surface area contributed by atoms with Gasteiger partial charge in [0.2, 0.25) is 0 Å². The lowest BCUT2D eigenvalue weighted by molar-refractivity contribution is -0.384. The highest BCUT2D eigenvalue weighted by molar-refractivity contribution is 5.69. The summed E-state index contributed by atoms with van der Waals surface area (Å²) in [5.41, 5.74) is 0.593. The molecule has 112 valence electrons. The molecule has 0 aliphatic carbocycles. The van der Waals surface area contributed by atoms with Crippen LogP contribution < -0.4 is 10.2 Å². The molecule has 1 aromatic rings. The van der Waals surface area contributed by atoms with Gasteiger partial charge in [-0.3, -0.25) is 10.1 Å². The molecule has 0 bridgehead atoms. The number of benzene rings is 1. The molecule has 1 N–H and O–H groups in total. The van der Waals surface area contributed by atoms with Crippen LogP contribution in [0.2, 0.25) is 0 Å². The molecule has 1 aliphatic rings. The molecule has 1 aliphatic heterocycles. The van der Waals surface area contributed by atoms with Gasteiger partial charge in [-0.25, -0.2) is 0 Å². The maximum absolute atomic E-state index is 11.3. The maximum Gasteiger partial charge on any atom is 0.310 e. The zero-order valence-corrected chi connectivity index (χ0v) is 12.2. The van der Waals surface area contributed by atoms with Gasteiger partial charge < -0.3 is 10.2 Å². The Kier molecular flexibility index (Phi) is 5.12. The van der Waals surface area contributed by atoms with E-state index >= 15 is 0 Å². The standard InChI is InChI=1S/C15H20N4O2/c1-2-18(11-12-5-4-8-17-10-12)14-7-3-6-13(9-16)15(14)19(20)21/h3,6-7,12,17H,2,4-5,8,10-11H2,1H3. The summed E-state index contributed by atoms with van der Waals surface area (Å²) in [5, 5.41) is 23.8. The second-order valence-electron chi connectivity index (χ2n) is 5.29. The average Bonchev–Trinajstić information content (AvgIpc) is 2.52. The summed E-state index contributed by atoms with van der Waals surface area (Å²) in [6, 6.07) is 6.86. The number of rotatable bonds is 5. The first-order valence-corrected chi connectivity index (χ1v) is 7.30. The summed E-state index contributed by atoms with van der Waals surface area (Å²) in [7, 11) is 0. The minimum Gasteiger partial charge on any atom is -0.366 e. The normalized spacial score (nSPS) is 18.0. The number of hydrogen-bond donors (Lipinski definition) is 1. The third kappa shape index (κ3) is 3.50. The average molecular weight is 288 g/mol. The van der Waals surface area contributed by atoms with Gasteiger partial charge in [0.1, 0.15) is 17.3 Å². The van der Waals surface area contributed by atoms with Crippen molar-refractivity contribution < 1.29 is 4.92 Å². The number of nitro benzene ring substituents is 1. The van der Waals surface area contributed by atoms with Gasteiger partial charge in [0.15, 0.2) is 0 Å². The summed E-state index contributed by atoms with van der Waals surface area (Å²) in [6.45, 7) is 5.44. The van der Waals surface area contributed by atoms with E-state index in [0.717, 1.165) is 32.5 Å². The number of nitriles is 1. The molecule has 1 fully saturated rings. The Morgan fingerprint density at radius 1 is 1.57 bits per heavy atom. The molecule has 1 heterocycles. The van der Waals surface area contributed by atoms with Crippen LogP contribution in [0.5, 0.6) is 0 Å². The molecule has 1 aromatic carbocycles. The Hall–Kier alpha value is -2.13. The number of para-hydroxylation sites is 1. The van der Waals surface area contributed by atoms with E-state index in [4.69, 9.17) is 5.26 Å². The Morgan fingerprint density at radius 3 is 2.95 bits per heavy atom. The lowest BCUT2D eigenvalue weighted by atomic mass is 9.98. The Balaban J connectivity index is 2.29. The minimum absolute atomic E-state index is 0.0781. The van der Waals surface area contributed by atoms with Crippen molar-refractivity contribution in [3.63, 3.8) is 0 Å². The topological polar surface area (TPSA) is 82.2 Å². The monoisotopic (exact) mass is 288 g/mol. The first-order valence-electron chi connectivity index (χ1n) is 7.30. The maximum atomic E-state index is 11.3. The number of hydrogen-bond acceptors (Lipinski definition) is 5. The third-order valence-corrected chi connectivity index (χ3v) is 3.92. The van der Waals surface area contributed by atoms with Crippen LogP contribution in [0.15, 0.2) is 18.2 Å². The van der Waals surface area contributed by atoms with E-state index in [2.05, 4.69) is 5.32 Å². The molecule has 6 heteroatoms. The third-order valence-electron chi connectivity index (χ3n) is 3.92. The van der Waals surface area contributed by atoms with Gasteiger partial charge in [0.25, 0.3) is 0 Å². The molecule has 0 radical (unpaired) electrons. The van der Waals surface area contributed by atoms with E-state index in [9.17, 15) is 10.1 Å². The van der Waals surface area contributed by atoms with Gasteiger partial charge in [0.05, 0.1) is 4.92 Å². The molecule has 6 nitrogen and oxygen atoms in total. The summed E-state index contributed by atoms with van der Waals surface area (Å²) < 4.78 is 0. The molecule has 0 amide bonds. The molecule has 2 rings (SSSR count). The van der Waals surface area contributed by atoms with Gasteiger partial charge in [0, 0.05) is 13.1 Å². The summed E-state index contributed by atoms with van der Waals surface area (Å²) in [5.74, 6) is 0.490. The zero-order chi connectivity index (χ0) is 15.2. The molecule has 1 atom stereocenters. The van der Waals surface area contributed by atoms with Gasteiger partial charge in [-0.2, -0.15) is 5.26 Å². The van der Waals surface area contributed by atoms with Crippen LogP contribution in [0.4, 0.5) is 11.4 Å². The van der Waals surface area contributed by atoms with Crippen LogP contribution in [-0.2, 0) is 0 Å². The van der Waals surface area contributed by atoms with E-state index in [0.29, 0.717) is 18.2 Å². The molecule has 21 heavy (non-hydrogen) atoms. The van der Waals surface area contributed by atoms with Crippen molar-refractivity contribution in [1.82, 2.24) is 5.32 Å². The summed E-state index contributed by atoms with van der Waals surface area (Å²) in [4.78, 5) is 12.9. The van der Waals surface area contributed by atoms with Crippen molar-refractivity contribution in [2.45, 2.75) is 19.8 Å². The Bertz CT molecular complexity index is 547. The highest BCUT2D eigenvalue weighted by Crippen LogP contribution is 2.32. The number of nitrogens with one attached hydrogen (secondary N) is 1. The van der Waals surface area contributed by atoms with Gasteiger partial charge in [-0.1, -0.05) is 6.07 Å². The molecular formula is C15H20N4O2. The minimum atomic E-state index is -0.449. The highest BCUT2D eigenvalue weighted by atomic mass is 16.6. The Labute approximate surface area is 124 Å². The largest absolute Gasteiger partial charge is 0.366 e. The second-order valence-corrected chi connectivity index (χ2v) is 5.29. The zero-order valence-electron chi connectivity index (χ0n) is 12.2. The van der Waals surface area contributed by atoms with Crippen LogP contribution in [0, 0.1) is 27.4 Å². The summed E-state index contributed by atoms with van der Waals surface area (Å²) in [6.07, 6.45) is 2.28. The SMILES string of the molecule is CCN(CC1CCCNC1)c1cccc(C#N)c1[N+](=O)[O-]. The summed E-state index contributed by atoms with van der Waals surface area (Å²) >= 11 is 0. The molecule has 0 aromatic heterocycles. The lowest BCUT2D eigenvalue weighted by Crippen LogP contribution is -2.38. The van der Waals surface area contributed by atoms with E-state index in [1.807, 2.05) is 17.9 Å². The molecule has 1 saturated heterocycles. The van der Waals surface area contributed by atoms with Gasteiger partial charge in [-0.05, 0) is 50.9 Å². The smallest absolute Gasteiger partial charge is 0.310 e. The fourth-order valence-corrected chi connectivity index (χ4v) is 2.86. The van der Waals surface area contributed by atoms with Crippen molar-refractivity contribution in [2.75, 3.05) is 31.1 Å². The van der Waals surface area contributed by atoms with Gasteiger partial charge >= 0.3 is 5.69 Å². The van der Waals surface area contributed by atoms with Crippen LogP contribution in [0.25, 0.3) is 0 Å². The van der Waals surface area contributed by atoms with Crippen LogP contribution in [0.3, 0.4) is 0 Å². The van der Waals surface area contributed by atoms with E-state index < -0.39 is 4.92 Å². The van der Waals surface area contributed by atoms with Crippen molar-refractivity contribution in [1.29, 1.82) is 5.26 Å². The van der Waals surface area contributed by atoms with Crippen molar-refractivity contribution >= 4 is 11.4 Å². The molecule has 0 saturated carbocycles. The first-order chi connectivity index (χ1) is 10.2. The van der Waals surface area contributed by atoms with Crippen LogP contribution >= 0.6 is 0 Å². The number of nitro groups is 1. The quantitative estimate of drug-likeness (QED) is 0.664. The molecule has 1 unspecified atom stereocenters. The van der Waals surface area contributed by atoms with Gasteiger partial charge in [-0.15, -0.1) is 0 Å². The number of piperidine rings is 1. The molecule has 0 spiro atoms. The van der Waals surface area contributed by atoms with E-state index in [1.54, 1.807) is 12.1 Å². The fourth-order valence-electron chi connectivity index (χ4n) is 2.86. The van der Waals surface area contributed by atoms with Crippen LogP contribution in [0.1, 0.15) is 25.3 Å². The Morgan fingerprint density at radius 2 is 2.38 bits per heavy atom. The number of anilines is 1. The predicted octanol–water partition coefficient (Wildman–Crippen LogP) is 2.29. The van der Waals surface area contributed by atoms with E-state index in [1.165, 1.54) is 6.07 Å². The van der Waals surface area contributed by atoms with Crippen molar-refractivity contribution in [2.24, 2.45) is 5.92 Å². The van der Waals surface area contributed by atoms with E-state index in [-0.39, 0.29) is 11.3 Å². The lowest BCUT2D eigenvalue weighted by Gasteiger charge is -2.30. The fraction of sp³-hybridized carbons (Fsp3) is 0.533. The highest BCUT2D eigenvalue weighted by Gasteiger charge is 2.25. The predicted molar refractivity (Wildman–Crippen MR) is 81.3 cm³/mol.